The highest BCUT2D eigenvalue weighted by atomic mass is 14.8. The molecule has 2 aromatic rings. The monoisotopic (exact) mass is 196 g/mol. The molecule has 0 N–H and O–H groups in total. The number of nitrogens with zero attached hydrogens (tertiary/aromatic N) is 2. The van der Waals surface area contributed by atoms with Gasteiger partial charge >= 0.3 is 0 Å². The molecule has 0 aliphatic carbocycles. The summed E-state index contributed by atoms with van der Waals surface area (Å²) >= 11 is 0. The lowest BCUT2D eigenvalue weighted by Crippen LogP contribution is -2.04. The molecule has 0 saturated carbocycles. The Balaban J connectivity index is 2.44. The van der Waals surface area contributed by atoms with Crippen molar-refractivity contribution in [1.82, 2.24) is 4.98 Å². The first-order valence-electron chi connectivity index (χ1n) is 4.85. The van der Waals surface area contributed by atoms with Gasteiger partial charge in [-0.15, -0.1) is 0 Å². The largest absolute Gasteiger partial charge is 0.286 e. The highest BCUT2D eigenvalue weighted by Crippen LogP contribution is 2.07. The predicted molar refractivity (Wildman–Crippen MR) is 62.2 cm³/mol. The van der Waals surface area contributed by atoms with Crippen molar-refractivity contribution in [3.63, 3.8) is 0 Å². The van der Waals surface area contributed by atoms with E-state index in [1.54, 1.807) is 13.2 Å². The molecule has 0 spiro atoms. The summed E-state index contributed by atoms with van der Waals surface area (Å²) in [5.41, 5.74) is 2.93. The molecule has 0 bridgehead atoms. The average Bonchev–Trinajstić information content (AvgIpc) is 2.33. The third-order valence-corrected chi connectivity index (χ3v) is 2.18. The quantitative estimate of drug-likeness (QED) is 0.677. The number of hydrogen-bond donors (Lipinski definition) is 0. The molecule has 74 valence electrons. The van der Waals surface area contributed by atoms with Gasteiger partial charge in [-0.05, 0) is 12.1 Å². The normalized spacial score (nSPS) is 11.4. The molecule has 0 amide bonds. The van der Waals surface area contributed by atoms with Crippen molar-refractivity contribution < 1.29 is 0 Å². The minimum absolute atomic E-state index is 0.909. The molecule has 1 aromatic carbocycles. The molecule has 0 aliphatic rings. The fourth-order valence-corrected chi connectivity index (χ4v) is 1.49. The van der Waals surface area contributed by atoms with Crippen molar-refractivity contribution >= 4 is 5.71 Å². The van der Waals surface area contributed by atoms with Crippen LogP contribution in [0.2, 0.25) is 0 Å². The summed E-state index contributed by atoms with van der Waals surface area (Å²) in [5.74, 6) is 0. The zero-order chi connectivity index (χ0) is 10.5. The van der Waals surface area contributed by atoms with Crippen molar-refractivity contribution in [2.45, 2.75) is 0 Å². The summed E-state index contributed by atoms with van der Waals surface area (Å²) in [6.45, 7) is 0. The average molecular weight is 196 g/mol. The Morgan fingerprint density at radius 2 is 1.73 bits per heavy atom. The third kappa shape index (κ3) is 2.10. The maximum absolute atomic E-state index is 4.30. The number of benzene rings is 1. The zero-order valence-electron chi connectivity index (χ0n) is 8.59. The molecule has 0 atom stereocenters. The number of rotatable bonds is 2. The Hall–Kier alpha value is -1.96. The maximum atomic E-state index is 4.30. The third-order valence-electron chi connectivity index (χ3n) is 2.18. The van der Waals surface area contributed by atoms with Gasteiger partial charge in [0.1, 0.15) is 0 Å². The van der Waals surface area contributed by atoms with E-state index >= 15 is 0 Å². The van der Waals surface area contributed by atoms with Gasteiger partial charge in [-0.3, -0.25) is 9.98 Å². The highest BCUT2D eigenvalue weighted by molar-refractivity contribution is 6.11. The van der Waals surface area contributed by atoms with Crippen LogP contribution in [0.15, 0.2) is 59.7 Å². The van der Waals surface area contributed by atoms with Crippen LogP contribution >= 0.6 is 0 Å². The van der Waals surface area contributed by atoms with Gasteiger partial charge in [0.25, 0.3) is 0 Å². The lowest BCUT2D eigenvalue weighted by atomic mass is 10.1. The molecule has 0 fully saturated rings. The predicted octanol–water partition coefficient (Wildman–Crippen LogP) is 2.55. The Bertz CT molecular complexity index is 405. The molecular weight excluding hydrogens is 184 g/mol. The molecule has 2 rings (SSSR count). The first-order valence-corrected chi connectivity index (χ1v) is 4.85. The van der Waals surface area contributed by atoms with Gasteiger partial charge in [0, 0.05) is 18.8 Å². The minimum Gasteiger partial charge on any atom is -0.286 e. The van der Waals surface area contributed by atoms with Crippen LogP contribution in [0.4, 0.5) is 0 Å². The van der Waals surface area contributed by atoms with Crippen LogP contribution in [0.25, 0.3) is 0 Å². The standard InChI is InChI=1S/C13H12N2/c1-14-13(11-7-3-2-4-8-11)12-9-5-6-10-15-12/h2-10H,1H3. The van der Waals surface area contributed by atoms with Crippen LogP contribution in [0.1, 0.15) is 11.3 Å². The molecule has 0 aliphatic heterocycles. The number of aliphatic imine (C=N–C) groups is 1. The summed E-state index contributed by atoms with van der Waals surface area (Å²) < 4.78 is 0. The summed E-state index contributed by atoms with van der Waals surface area (Å²) in [6.07, 6.45) is 1.78. The Morgan fingerprint density at radius 1 is 1.00 bits per heavy atom. The Kier molecular flexibility index (Phi) is 2.88. The molecule has 0 unspecified atom stereocenters. The van der Waals surface area contributed by atoms with Gasteiger partial charge in [0.05, 0.1) is 11.4 Å². The van der Waals surface area contributed by atoms with Crippen LogP contribution in [0, 0.1) is 0 Å². The lowest BCUT2D eigenvalue weighted by molar-refractivity contribution is 1.27. The van der Waals surface area contributed by atoms with Crippen molar-refractivity contribution in [3.8, 4) is 0 Å². The molecule has 1 heterocycles. The van der Waals surface area contributed by atoms with Gasteiger partial charge in [0.15, 0.2) is 0 Å². The fourth-order valence-electron chi connectivity index (χ4n) is 1.49. The van der Waals surface area contributed by atoms with Crippen LogP contribution in [-0.2, 0) is 0 Å². The molecule has 2 nitrogen and oxygen atoms in total. The molecule has 1 aromatic heterocycles. The topological polar surface area (TPSA) is 25.2 Å². The van der Waals surface area contributed by atoms with Gasteiger partial charge in [0.2, 0.25) is 0 Å². The molecular formula is C13H12N2. The van der Waals surface area contributed by atoms with Crippen molar-refractivity contribution in [3.05, 3.63) is 66.0 Å². The van der Waals surface area contributed by atoms with E-state index in [9.17, 15) is 0 Å². The van der Waals surface area contributed by atoms with E-state index in [4.69, 9.17) is 0 Å². The zero-order valence-corrected chi connectivity index (χ0v) is 8.59. The first kappa shape index (κ1) is 9.59. The molecule has 0 radical (unpaired) electrons. The molecule has 0 saturated heterocycles. The highest BCUT2D eigenvalue weighted by Gasteiger charge is 2.05. The van der Waals surface area contributed by atoms with E-state index in [1.165, 1.54) is 0 Å². The van der Waals surface area contributed by atoms with Gasteiger partial charge < -0.3 is 0 Å². The Labute approximate surface area is 89.3 Å². The van der Waals surface area contributed by atoms with Crippen molar-refractivity contribution in [1.29, 1.82) is 0 Å². The van der Waals surface area contributed by atoms with Crippen LogP contribution in [0.5, 0.6) is 0 Å². The lowest BCUT2D eigenvalue weighted by Gasteiger charge is -2.04. The molecule has 15 heavy (non-hydrogen) atoms. The second kappa shape index (κ2) is 4.51. The van der Waals surface area contributed by atoms with Crippen molar-refractivity contribution in [2.24, 2.45) is 4.99 Å². The Morgan fingerprint density at radius 3 is 2.33 bits per heavy atom. The summed E-state index contributed by atoms with van der Waals surface area (Å²) in [6, 6.07) is 15.9. The second-order valence-corrected chi connectivity index (χ2v) is 3.15. The fraction of sp³-hybridized carbons (Fsp3) is 0.0769. The van der Waals surface area contributed by atoms with Gasteiger partial charge in [-0.25, -0.2) is 0 Å². The summed E-state index contributed by atoms with van der Waals surface area (Å²) in [7, 11) is 1.79. The van der Waals surface area contributed by atoms with E-state index < -0.39 is 0 Å². The van der Waals surface area contributed by atoms with Gasteiger partial charge in [-0.2, -0.15) is 0 Å². The van der Waals surface area contributed by atoms with Crippen LogP contribution < -0.4 is 0 Å². The summed E-state index contributed by atoms with van der Waals surface area (Å²) in [5, 5.41) is 0. The van der Waals surface area contributed by atoms with Crippen LogP contribution in [-0.4, -0.2) is 17.7 Å². The van der Waals surface area contributed by atoms with Gasteiger partial charge in [-0.1, -0.05) is 36.4 Å². The van der Waals surface area contributed by atoms with Crippen molar-refractivity contribution in [2.75, 3.05) is 7.05 Å². The summed E-state index contributed by atoms with van der Waals surface area (Å²) in [4.78, 5) is 8.58. The molecule has 2 heteroatoms. The first-order chi connectivity index (χ1) is 7.42. The van der Waals surface area contributed by atoms with E-state index in [1.807, 2.05) is 48.5 Å². The van der Waals surface area contributed by atoms with E-state index in [2.05, 4.69) is 9.98 Å². The van der Waals surface area contributed by atoms with E-state index in [0.717, 1.165) is 17.0 Å². The minimum atomic E-state index is 0.909. The maximum Gasteiger partial charge on any atom is 0.0899 e. The number of pyridine rings is 1. The SMILES string of the molecule is CN=C(c1ccccc1)c1ccccn1. The number of aromatic nitrogens is 1. The van der Waals surface area contributed by atoms with E-state index in [0.29, 0.717) is 0 Å². The van der Waals surface area contributed by atoms with Crippen LogP contribution in [0.3, 0.4) is 0 Å². The second-order valence-electron chi connectivity index (χ2n) is 3.15. The smallest absolute Gasteiger partial charge is 0.0899 e. The van der Waals surface area contributed by atoms with E-state index in [-0.39, 0.29) is 0 Å². The number of hydrogen-bond acceptors (Lipinski definition) is 2.